The van der Waals surface area contributed by atoms with Crippen molar-refractivity contribution in [3.8, 4) is 0 Å². The van der Waals surface area contributed by atoms with Gasteiger partial charge in [0.2, 0.25) is 0 Å². The average Bonchev–Trinajstić information content (AvgIpc) is 3.42. The molecule has 4 fully saturated rings. The molecule has 0 unspecified atom stereocenters. The summed E-state index contributed by atoms with van der Waals surface area (Å²) in [6.45, 7) is 0. The van der Waals surface area contributed by atoms with Gasteiger partial charge in [0.1, 0.15) is 0 Å². The van der Waals surface area contributed by atoms with E-state index in [2.05, 4.69) is 0 Å². The Hall–Kier alpha value is 0.860. The first-order valence-electron chi connectivity index (χ1n) is 11.6. The SMILES string of the molecule is C1CCC([PH+](CC[PH+](C2CCCC2)C2CCCC2)C2CCCC2)C1. The number of hydrogen-bond donors (Lipinski definition) is 0. The molecule has 0 N–H and O–H groups in total. The summed E-state index contributed by atoms with van der Waals surface area (Å²) in [5, 5.41) is 0. The summed E-state index contributed by atoms with van der Waals surface area (Å²) in [5.41, 5.74) is 4.98. The highest BCUT2D eigenvalue weighted by Crippen LogP contribution is 2.62. The van der Waals surface area contributed by atoms with Crippen molar-refractivity contribution in [3.05, 3.63) is 0 Å². The summed E-state index contributed by atoms with van der Waals surface area (Å²) >= 11 is 0. The molecule has 0 aromatic carbocycles. The fourth-order valence-corrected chi connectivity index (χ4v) is 16.8. The summed E-state index contributed by atoms with van der Waals surface area (Å²) in [4.78, 5) is 0. The monoisotopic (exact) mass is 368 g/mol. The zero-order valence-electron chi connectivity index (χ0n) is 16.0. The molecule has 0 saturated heterocycles. The van der Waals surface area contributed by atoms with Crippen LogP contribution >= 0.6 is 15.8 Å². The van der Waals surface area contributed by atoms with Gasteiger partial charge >= 0.3 is 0 Å². The maximum absolute atomic E-state index is 1.77. The minimum Gasteiger partial charge on any atom is -0.0494 e. The molecule has 0 spiro atoms. The summed E-state index contributed by atoms with van der Waals surface area (Å²) in [6, 6.07) is 0. The molecule has 4 saturated carbocycles. The predicted octanol–water partition coefficient (Wildman–Crippen LogP) is 7.19. The normalized spacial score (nSPS) is 28.2. The van der Waals surface area contributed by atoms with Gasteiger partial charge in [0.05, 0.1) is 35.0 Å². The van der Waals surface area contributed by atoms with Gasteiger partial charge in [-0.3, -0.25) is 0 Å². The molecule has 0 heterocycles. The Balaban J connectivity index is 1.39. The summed E-state index contributed by atoms with van der Waals surface area (Å²) in [7, 11) is -0.0540. The minimum atomic E-state index is -0.0270. The lowest BCUT2D eigenvalue weighted by atomic mass is 10.4. The van der Waals surface area contributed by atoms with Gasteiger partial charge in [-0.15, -0.1) is 0 Å². The van der Waals surface area contributed by atoms with Crippen LogP contribution in [-0.2, 0) is 0 Å². The molecule has 138 valence electrons. The molecule has 0 aromatic heterocycles. The second-order valence-corrected chi connectivity index (χ2v) is 16.1. The van der Waals surface area contributed by atoms with Crippen molar-refractivity contribution in [2.75, 3.05) is 12.3 Å². The van der Waals surface area contributed by atoms with Crippen molar-refractivity contribution in [2.24, 2.45) is 0 Å². The van der Waals surface area contributed by atoms with Crippen LogP contribution in [0.25, 0.3) is 0 Å². The fourth-order valence-electron chi connectivity index (χ4n) is 6.96. The van der Waals surface area contributed by atoms with Crippen LogP contribution in [0.15, 0.2) is 0 Å². The molecule has 4 aliphatic rings. The van der Waals surface area contributed by atoms with Crippen molar-refractivity contribution >= 4 is 15.8 Å². The first-order valence-corrected chi connectivity index (χ1v) is 15.4. The van der Waals surface area contributed by atoms with Crippen LogP contribution in [-0.4, -0.2) is 35.0 Å². The van der Waals surface area contributed by atoms with Gasteiger partial charge in [-0.05, 0) is 103 Å². The third kappa shape index (κ3) is 4.39. The number of rotatable bonds is 7. The van der Waals surface area contributed by atoms with E-state index in [-0.39, 0.29) is 15.8 Å². The van der Waals surface area contributed by atoms with Crippen molar-refractivity contribution < 1.29 is 0 Å². The van der Waals surface area contributed by atoms with E-state index in [4.69, 9.17) is 0 Å². The lowest BCUT2D eigenvalue weighted by Crippen LogP contribution is -2.18. The third-order valence-electron chi connectivity index (χ3n) is 8.22. The quantitative estimate of drug-likeness (QED) is 0.417. The smallest absolute Gasteiger partial charge is 0.0494 e. The van der Waals surface area contributed by atoms with E-state index in [1.54, 1.807) is 115 Å². The van der Waals surface area contributed by atoms with E-state index in [1.165, 1.54) is 22.6 Å². The van der Waals surface area contributed by atoms with Crippen LogP contribution in [0.4, 0.5) is 0 Å². The molecule has 24 heavy (non-hydrogen) atoms. The molecule has 4 aliphatic carbocycles. The third-order valence-corrected chi connectivity index (χ3v) is 16.9. The van der Waals surface area contributed by atoms with Crippen LogP contribution in [0, 0.1) is 0 Å². The van der Waals surface area contributed by atoms with Gasteiger partial charge in [-0.25, -0.2) is 0 Å². The Morgan fingerprint density at radius 3 is 0.792 bits per heavy atom. The highest BCUT2D eigenvalue weighted by Gasteiger charge is 2.44. The minimum absolute atomic E-state index is 0.0270. The molecule has 0 atom stereocenters. The summed E-state index contributed by atoms with van der Waals surface area (Å²) < 4.78 is 0. The maximum atomic E-state index is 1.77. The Bertz CT molecular complexity index is 290. The Kier molecular flexibility index (Phi) is 6.97. The zero-order chi connectivity index (χ0) is 16.2. The van der Waals surface area contributed by atoms with Crippen LogP contribution in [0.2, 0.25) is 0 Å². The summed E-state index contributed by atoms with van der Waals surface area (Å²) in [6.07, 6.45) is 29.3. The van der Waals surface area contributed by atoms with Crippen LogP contribution in [0.3, 0.4) is 0 Å². The van der Waals surface area contributed by atoms with Gasteiger partial charge in [-0.1, -0.05) is 0 Å². The van der Waals surface area contributed by atoms with Gasteiger partial charge in [-0.2, -0.15) is 0 Å². The van der Waals surface area contributed by atoms with Gasteiger partial charge < -0.3 is 0 Å². The van der Waals surface area contributed by atoms with Crippen molar-refractivity contribution in [3.63, 3.8) is 0 Å². The van der Waals surface area contributed by atoms with Crippen molar-refractivity contribution in [2.45, 2.75) is 125 Å². The highest BCUT2D eigenvalue weighted by atomic mass is 31.1. The van der Waals surface area contributed by atoms with E-state index in [1.807, 2.05) is 0 Å². The largest absolute Gasteiger partial charge is 0.0910 e. The van der Waals surface area contributed by atoms with Crippen LogP contribution in [0.1, 0.15) is 103 Å². The molecule has 0 aliphatic heterocycles. The molecular formula is C22H42P2+2. The van der Waals surface area contributed by atoms with Crippen LogP contribution < -0.4 is 0 Å². The van der Waals surface area contributed by atoms with E-state index in [0.29, 0.717) is 0 Å². The van der Waals surface area contributed by atoms with Crippen molar-refractivity contribution in [1.82, 2.24) is 0 Å². The molecular weight excluding hydrogens is 326 g/mol. The zero-order valence-corrected chi connectivity index (χ0v) is 18.0. The van der Waals surface area contributed by atoms with E-state index in [0.717, 1.165) is 0 Å². The van der Waals surface area contributed by atoms with E-state index in [9.17, 15) is 0 Å². The maximum Gasteiger partial charge on any atom is 0.0910 e. The fraction of sp³-hybridized carbons (Fsp3) is 1.00. The first-order chi connectivity index (χ1) is 11.9. The van der Waals surface area contributed by atoms with Gasteiger partial charge in [0.15, 0.2) is 0 Å². The second-order valence-electron chi connectivity index (χ2n) is 9.58. The molecule has 0 radical (unpaired) electrons. The Morgan fingerprint density at radius 1 is 0.375 bits per heavy atom. The Labute approximate surface area is 153 Å². The first kappa shape index (κ1) is 18.2. The highest BCUT2D eigenvalue weighted by molar-refractivity contribution is 7.63. The van der Waals surface area contributed by atoms with Crippen molar-refractivity contribution in [1.29, 1.82) is 0 Å². The molecule has 0 bridgehead atoms. The van der Waals surface area contributed by atoms with E-state index >= 15 is 0 Å². The molecule has 0 amide bonds. The van der Waals surface area contributed by atoms with Gasteiger partial charge in [0, 0.05) is 15.8 Å². The average molecular weight is 369 g/mol. The number of hydrogen-bond acceptors (Lipinski definition) is 0. The standard InChI is InChI=1S/C22H40P2/c1-2-10-19(9-1)23(20-11-3-4-12-20)17-18-24(21-13-5-6-14-21)22-15-7-8-16-22/h19-22H,1-18H2/p+2. The Morgan fingerprint density at radius 2 is 0.583 bits per heavy atom. The predicted molar refractivity (Wildman–Crippen MR) is 115 cm³/mol. The van der Waals surface area contributed by atoms with Gasteiger partial charge in [0.25, 0.3) is 0 Å². The van der Waals surface area contributed by atoms with Crippen LogP contribution in [0.5, 0.6) is 0 Å². The molecule has 2 heteroatoms. The second kappa shape index (κ2) is 9.18. The summed E-state index contributed by atoms with van der Waals surface area (Å²) in [5.74, 6) is 0. The lowest BCUT2D eigenvalue weighted by Gasteiger charge is -2.26. The lowest BCUT2D eigenvalue weighted by molar-refractivity contribution is 0.816. The molecule has 0 nitrogen and oxygen atoms in total. The molecule has 4 rings (SSSR count). The topological polar surface area (TPSA) is 0 Å². The molecule has 0 aromatic rings. The van der Waals surface area contributed by atoms with E-state index < -0.39 is 0 Å².